The lowest BCUT2D eigenvalue weighted by Crippen LogP contribution is -2.63. The van der Waals surface area contributed by atoms with Crippen LogP contribution in [0.2, 0.25) is 0 Å². The molecule has 10 nitrogen and oxygen atoms in total. The Bertz CT molecular complexity index is 302. The average Bonchev–Trinajstić information content (AvgIpc) is 2.45. The highest BCUT2D eigenvalue weighted by Crippen LogP contribution is 2.24. The van der Waals surface area contributed by atoms with E-state index in [1.807, 2.05) is 0 Å². The zero-order valence-electron chi connectivity index (χ0n) is 10.3. The second kappa shape index (κ2) is 7.04. The van der Waals surface area contributed by atoms with E-state index < -0.39 is 61.7 Å². The van der Waals surface area contributed by atoms with Gasteiger partial charge >= 0.3 is 0 Å². The Hall–Kier alpha value is -0.400. The van der Waals surface area contributed by atoms with Crippen molar-refractivity contribution in [3.8, 4) is 0 Å². The third-order valence-corrected chi connectivity index (χ3v) is 3.24. The van der Waals surface area contributed by atoms with E-state index in [4.69, 9.17) is 10.2 Å². The lowest BCUT2D eigenvalue weighted by atomic mass is 9.90. The third kappa shape index (κ3) is 3.43. The van der Waals surface area contributed by atoms with E-state index in [0.717, 1.165) is 0 Å². The highest BCUT2D eigenvalue weighted by Gasteiger charge is 2.48. The molecule has 120 valence electrons. The van der Waals surface area contributed by atoms with Gasteiger partial charge in [-0.15, -0.1) is 0 Å². The Morgan fingerprint density at radius 3 is 1.85 bits per heavy atom. The first kappa shape index (κ1) is 17.7. The standard InChI is InChI=1S/C10H20O10/c11-1-2(12)3(13)4(14)6(16)9-7(17)5(15)8(18)10(19)20-9/h2-19H,1H2/t2-,3-,4+,5+,6+,7+,8+,9-,10-/m1/s1. The van der Waals surface area contributed by atoms with Crippen LogP contribution in [0.5, 0.6) is 0 Å². The van der Waals surface area contributed by atoms with Crippen molar-refractivity contribution in [2.75, 3.05) is 6.61 Å². The van der Waals surface area contributed by atoms with Gasteiger partial charge in [0.25, 0.3) is 0 Å². The summed E-state index contributed by atoms with van der Waals surface area (Å²) in [4.78, 5) is 0. The van der Waals surface area contributed by atoms with Gasteiger partial charge in [0.2, 0.25) is 0 Å². The summed E-state index contributed by atoms with van der Waals surface area (Å²) in [5.41, 5.74) is 0. The van der Waals surface area contributed by atoms with Gasteiger partial charge in [0.05, 0.1) is 6.61 Å². The molecule has 0 aromatic heterocycles. The van der Waals surface area contributed by atoms with E-state index in [9.17, 15) is 35.7 Å². The fourth-order valence-electron chi connectivity index (χ4n) is 1.90. The van der Waals surface area contributed by atoms with Crippen LogP contribution in [0.3, 0.4) is 0 Å². The molecule has 1 saturated heterocycles. The van der Waals surface area contributed by atoms with Crippen molar-refractivity contribution in [2.45, 2.75) is 55.1 Å². The molecular formula is C10H20O10. The maximum Gasteiger partial charge on any atom is 0.184 e. The molecule has 0 radical (unpaired) electrons. The van der Waals surface area contributed by atoms with Gasteiger partial charge in [-0.1, -0.05) is 0 Å². The molecule has 9 N–H and O–H groups in total. The van der Waals surface area contributed by atoms with Gasteiger partial charge < -0.3 is 50.7 Å². The van der Waals surface area contributed by atoms with Gasteiger partial charge in [-0.2, -0.15) is 0 Å². The van der Waals surface area contributed by atoms with E-state index in [1.165, 1.54) is 0 Å². The van der Waals surface area contributed by atoms with Crippen molar-refractivity contribution in [3.05, 3.63) is 0 Å². The summed E-state index contributed by atoms with van der Waals surface area (Å²) in [6, 6.07) is 0. The summed E-state index contributed by atoms with van der Waals surface area (Å²) in [7, 11) is 0. The summed E-state index contributed by atoms with van der Waals surface area (Å²) >= 11 is 0. The van der Waals surface area contributed by atoms with Crippen LogP contribution in [-0.4, -0.2) is 108 Å². The fraction of sp³-hybridized carbons (Fsp3) is 1.00. The average molecular weight is 300 g/mol. The highest BCUT2D eigenvalue weighted by molar-refractivity contribution is 4.96. The van der Waals surface area contributed by atoms with Crippen molar-refractivity contribution < 1.29 is 50.7 Å². The molecule has 0 aliphatic carbocycles. The lowest BCUT2D eigenvalue weighted by molar-refractivity contribution is -0.306. The van der Waals surface area contributed by atoms with Gasteiger partial charge in [-0.3, -0.25) is 0 Å². The molecule has 0 unspecified atom stereocenters. The maximum absolute atomic E-state index is 9.76. The van der Waals surface area contributed by atoms with Gasteiger partial charge in [0, 0.05) is 0 Å². The number of ether oxygens (including phenoxy) is 1. The Morgan fingerprint density at radius 2 is 1.35 bits per heavy atom. The van der Waals surface area contributed by atoms with E-state index in [-0.39, 0.29) is 0 Å². The van der Waals surface area contributed by atoms with Crippen LogP contribution in [0.1, 0.15) is 0 Å². The zero-order chi connectivity index (χ0) is 15.6. The first-order valence-corrected chi connectivity index (χ1v) is 5.93. The predicted octanol–water partition coefficient (Wildman–Crippen LogP) is -5.78. The molecule has 0 aromatic rings. The topological polar surface area (TPSA) is 191 Å². The molecular weight excluding hydrogens is 280 g/mol. The van der Waals surface area contributed by atoms with Gasteiger partial charge in [-0.05, 0) is 0 Å². The molecule has 1 rings (SSSR count). The van der Waals surface area contributed by atoms with Crippen molar-refractivity contribution in [1.29, 1.82) is 0 Å². The van der Waals surface area contributed by atoms with Crippen LogP contribution in [0, 0.1) is 0 Å². The largest absolute Gasteiger partial charge is 0.394 e. The molecule has 1 fully saturated rings. The second-order valence-corrected chi connectivity index (χ2v) is 4.68. The molecule has 0 amide bonds. The molecule has 0 aromatic carbocycles. The van der Waals surface area contributed by atoms with Crippen molar-refractivity contribution in [2.24, 2.45) is 0 Å². The molecule has 0 saturated carbocycles. The molecule has 1 heterocycles. The Labute approximate surface area is 113 Å². The van der Waals surface area contributed by atoms with Crippen molar-refractivity contribution in [1.82, 2.24) is 0 Å². The minimum Gasteiger partial charge on any atom is -0.394 e. The number of rotatable bonds is 5. The number of hydrogen-bond acceptors (Lipinski definition) is 10. The minimum absolute atomic E-state index is 0.886. The van der Waals surface area contributed by atoms with Crippen LogP contribution >= 0.6 is 0 Å². The third-order valence-electron chi connectivity index (χ3n) is 3.24. The highest BCUT2D eigenvalue weighted by atomic mass is 16.6. The van der Waals surface area contributed by atoms with Crippen LogP contribution in [0.4, 0.5) is 0 Å². The summed E-state index contributed by atoms with van der Waals surface area (Å²) < 4.78 is 4.66. The fourth-order valence-corrected chi connectivity index (χ4v) is 1.90. The van der Waals surface area contributed by atoms with Crippen LogP contribution in [0.25, 0.3) is 0 Å². The van der Waals surface area contributed by atoms with Crippen LogP contribution < -0.4 is 0 Å². The number of hydrogen-bond donors (Lipinski definition) is 9. The van der Waals surface area contributed by atoms with E-state index in [0.29, 0.717) is 0 Å². The summed E-state index contributed by atoms with van der Waals surface area (Å²) in [5, 5.41) is 84.1. The predicted molar refractivity (Wildman–Crippen MR) is 60.0 cm³/mol. The summed E-state index contributed by atoms with van der Waals surface area (Å²) in [6.07, 6.45) is -16.9. The van der Waals surface area contributed by atoms with Crippen molar-refractivity contribution >= 4 is 0 Å². The second-order valence-electron chi connectivity index (χ2n) is 4.68. The molecule has 0 bridgehead atoms. The van der Waals surface area contributed by atoms with E-state index in [2.05, 4.69) is 4.74 Å². The first-order valence-electron chi connectivity index (χ1n) is 5.93. The Balaban J connectivity index is 2.77. The summed E-state index contributed by atoms with van der Waals surface area (Å²) in [6.45, 7) is -0.886. The quantitative estimate of drug-likeness (QED) is 0.236. The Kier molecular flexibility index (Phi) is 6.22. The molecule has 10 heteroatoms. The molecule has 0 spiro atoms. The molecule has 20 heavy (non-hydrogen) atoms. The normalized spacial score (nSPS) is 41.0. The van der Waals surface area contributed by atoms with E-state index in [1.54, 1.807) is 0 Å². The van der Waals surface area contributed by atoms with Crippen LogP contribution in [-0.2, 0) is 4.74 Å². The number of aliphatic hydroxyl groups excluding tert-OH is 9. The number of aliphatic hydroxyl groups is 9. The summed E-state index contributed by atoms with van der Waals surface area (Å²) in [5.74, 6) is 0. The minimum atomic E-state index is -2.04. The molecule has 1 aliphatic heterocycles. The van der Waals surface area contributed by atoms with Gasteiger partial charge in [0.1, 0.15) is 48.8 Å². The van der Waals surface area contributed by atoms with Crippen LogP contribution in [0.15, 0.2) is 0 Å². The lowest BCUT2D eigenvalue weighted by Gasteiger charge is -2.41. The SMILES string of the molecule is OC[C@@H](O)[C@@H](O)[C@H](O)[C@H](O)[C@H]1O[C@@H](O)[C@@H](O)[C@@H](O)[C@@H]1O. The van der Waals surface area contributed by atoms with Crippen molar-refractivity contribution in [3.63, 3.8) is 0 Å². The maximum atomic E-state index is 9.76. The van der Waals surface area contributed by atoms with Gasteiger partial charge in [-0.25, -0.2) is 0 Å². The van der Waals surface area contributed by atoms with E-state index >= 15 is 0 Å². The molecule has 1 aliphatic rings. The molecule has 9 atom stereocenters. The smallest absolute Gasteiger partial charge is 0.184 e. The Morgan fingerprint density at radius 1 is 0.800 bits per heavy atom. The monoisotopic (exact) mass is 300 g/mol. The van der Waals surface area contributed by atoms with Gasteiger partial charge in [0.15, 0.2) is 6.29 Å². The zero-order valence-corrected chi connectivity index (χ0v) is 10.3. The first-order chi connectivity index (χ1) is 9.22.